The summed E-state index contributed by atoms with van der Waals surface area (Å²) in [5.74, 6) is -0.381. The highest BCUT2D eigenvalue weighted by atomic mass is 35.5. The van der Waals surface area contributed by atoms with Crippen LogP contribution >= 0.6 is 23.4 Å². The lowest BCUT2D eigenvalue weighted by molar-refractivity contribution is -0.123. The summed E-state index contributed by atoms with van der Waals surface area (Å²) in [7, 11) is 0. The third kappa shape index (κ3) is 4.52. The first-order valence-electron chi connectivity index (χ1n) is 10.3. The second-order valence-electron chi connectivity index (χ2n) is 7.37. The molecule has 0 aromatic heterocycles. The van der Waals surface area contributed by atoms with E-state index in [4.69, 9.17) is 16.3 Å². The molecule has 4 nitrogen and oxygen atoms in total. The molecular weight excluding hydrogens is 449 g/mol. The van der Waals surface area contributed by atoms with Gasteiger partial charge in [-0.1, -0.05) is 61.3 Å². The Morgan fingerprint density at radius 1 is 1.09 bits per heavy atom. The van der Waals surface area contributed by atoms with Crippen molar-refractivity contribution in [3.05, 3.63) is 81.5 Å². The summed E-state index contributed by atoms with van der Waals surface area (Å²) in [6.45, 7) is 2.42. The fourth-order valence-electron chi connectivity index (χ4n) is 3.49. The first-order chi connectivity index (χ1) is 15.5. The van der Waals surface area contributed by atoms with E-state index in [1.54, 1.807) is 6.08 Å². The molecule has 1 fully saturated rings. The SMILES string of the molecule is CCCCOc1ccc2ccccc2c1C=C1SC(=O)N(Cc2c(F)cccc2Cl)C1=O. The van der Waals surface area contributed by atoms with Gasteiger partial charge >= 0.3 is 0 Å². The zero-order valence-electron chi connectivity index (χ0n) is 17.4. The van der Waals surface area contributed by atoms with E-state index in [0.29, 0.717) is 12.4 Å². The Bertz CT molecular complexity index is 1210. The summed E-state index contributed by atoms with van der Waals surface area (Å²) in [5, 5.41) is 1.63. The zero-order valence-corrected chi connectivity index (χ0v) is 19.0. The number of fused-ring (bicyclic) bond motifs is 1. The Hall–Kier alpha value is -2.83. The van der Waals surface area contributed by atoms with Crippen LogP contribution in [-0.4, -0.2) is 22.7 Å². The molecule has 3 aromatic rings. The highest BCUT2D eigenvalue weighted by Gasteiger charge is 2.36. The number of hydrogen-bond donors (Lipinski definition) is 0. The zero-order chi connectivity index (χ0) is 22.7. The van der Waals surface area contributed by atoms with E-state index < -0.39 is 17.0 Å². The number of unbranched alkanes of at least 4 members (excludes halogenated alkanes) is 1. The van der Waals surface area contributed by atoms with Gasteiger partial charge in [-0.25, -0.2) is 4.39 Å². The molecule has 0 spiro atoms. The lowest BCUT2D eigenvalue weighted by atomic mass is 10.0. The smallest absolute Gasteiger partial charge is 0.293 e. The van der Waals surface area contributed by atoms with Crippen molar-refractivity contribution in [2.24, 2.45) is 0 Å². The minimum atomic E-state index is -0.554. The van der Waals surface area contributed by atoms with Crippen molar-refractivity contribution in [1.29, 1.82) is 0 Å². The number of halogens is 2. The Morgan fingerprint density at radius 2 is 1.91 bits per heavy atom. The minimum absolute atomic E-state index is 0.117. The number of nitrogens with zero attached hydrogens (tertiary/aromatic N) is 1. The van der Waals surface area contributed by atoms with Gasteiger partial charge in [-0.2, -0.15) is 0 Å². The van der Waals surface area contributed by atoms with Gasteiger partial charge in [0.05, 0.1) is 18.1 Å². The Balaban J connectivity index is 1.70. The van der Waals surface area contributed by atoms with E-state index in [-0.39, 0.29) is 22.0 Å². The monoisotopic (exact) mass is 469 g/mol. The summed E-state index contributed by atoms with van der Waals surface area (Å²) >= 11 is 6.92. The van der Waals surface area contributed by atoms with Crippen LogP contribution in [0.4, 0.5) is 9.18 Å². The summed E-state index contributed by atoms with van der Waals surface area (Å²) in [6.07, 6.45) is 3.60. The predicted molar refractivity (Wildman–Crippen MR) is 127 cm³/mol. The standard InChI is InChI=1S/C25H21ClFNO3S/c1-2-3-13-31-22-12-11-16-7-4-5-8-17(16)18(22)14-23-24(29)28(25(30)32-23)15-19-20(26)9-6-10-21(19)27/h4-12,14H,2-3,13,15H2,1H3. The van der Waals surface area contributed by atoms with Crippen molar-refractivity contribution in [2.75, 3.05) is 6.61 Å². The van der Waals surface area contributed by atoms with Crippen molar-refractivity contribution >= 4 is 51.4 Å². The number of rotatable bonds is 7. The van der Waals surface area contributed by atoms with Gasteiger partial charge in [-0.15, -0.1) is 0 Å². The van der Waals surface area contributed by atoms with Gasteiger partial charge < -0.3 is 4.74 Å². The first kappa shape index (κ1) is 22.4. The maximum atomic E-state index is 14.2. The number of carbonyl (C=O) groups is 2. The molecular formula is C25H21ClFNO3S. The van der Waals surface area contributed by atoms with Crippen molar-refractivity contribution in [2.45, 2.75) is 26.3 Å². The predicted octanol–water partition coefficient (Wildman–Crippen LogP) is 7.05. The molecule has 0 N–H and O–H groups in total. The molecule has 0 saturated carbocycles. The van der Waals surface area contributed by atoms with Gasteiger partial charge in [0.25, 0.3) is 11.1 Å². The molecule has 0 radical (unpaired) electrons. The van der Waals surface area contributed by atoms with Crippen molar-refractivity contribution in [3.63, 3.8) is 0 Å². The third-order valence-corrected chi connectivity index (χ3v) is 6.47. The van der Waals surface area contributed by atoms with Crippen LogP contribution in [0.25, 0.3) is 16.8 Å². The van der Waals surface area contributed by atoms with E-state index >= 15 is 0 Å². The number of ether oxygens (including phenoxy) is 1. The van der Waals surface area contributed by atoms with Crippen LogP contribution in [0.2, 0.25) is 5.02 Å². The Morgan fingerprint density at radius 3 is 2.69 bits per heavy atom. The highest BCUT2D eigenvalue weighted by Crippen LogP contribution is 2.38. The molecule has 4 rings (SSSR count). The van der Waals surface area contributed by atoms with Gasteiger partial charge in [0.2, 0.25) is 0 Å². The average molecular weight is 470 g/mol. The lowest BCUT2D eigenvalue weighted by Crippen LogP contribution is -2.28. The van der Waals surface area contributed by atoms with Crippen LogP contribution in [0.3, 0.4) is 0 Å². The Kier molecular flexibility index (Phi) is 6.82. The van der Waals surface area contributed by atoms with E-state index in [1.807, 2.05) is 36.4 Å². The fraction of sp³-hybridized carbons (Fsp3) is 0.200. The van der Waals surface area contributed by atoms with Crippen LogP contribution in [-0.2, 0) is 11.3 Å². The summed E-state index contributed by atoms with van der Waals surface area (Å²) < 4.78 is 20.2. The number of thioether (sulfide) groups is 1. The highest BCUT2D eigenvalue weighted by molar-refractivity contribution is 8.18. The number of hydrogen-bond acceptors (Lipinski definition) is 4. The molecule has 1 saturated heterocycles. The minimum Gasteiger partial charge on any atom is -0.493 e. The summed E-state index contributed by atoms with van der Waals surface area (Å²) in [6, 6.07) is 15.9. The van der Waals surface area contributed by atoms with Crippen LogP contribution in [0.5, 0.6) is 5.75 Å². The molecule has 0 bridgehead atoms. The van der Waals surface area contributed by atoms with Gasteiger partial charge in [0, 0.05) is 16.1 Å². The first-order valence-corrected chi connectivity index (χ1v) is 11.5. The molecule has 2 amide bonds. The molecule has 1 heterocycles. The van der Waals surface area contributed by atoms with Crippen molar-refractivity contribution in [1.82, 2.24) is 4.90 Å². The maximum Gasteiger partial charge on any atom is 0.293 e. The maximum absolute atomic E-state index is 14.2. The number of amides is 2. The lowest BCUT2D eigenvalue weighted by Gasteiger charge is -2.14. The molecule has 1 aliphatic heterocycles. The van der Waals surface area contributed by atoms with E-state index in [2.05, 4.69) is 6.92 Å². The molecule has 0 aliphatic carbocycles. The van der Waals surface area contributed by atoms with Crippen LogP contribution < -0.4 is 4.74 Å². The van der Waals surface area contributed by atoms with Crippen molar-refractivity contribution in [3.8, 4) is 5.75 Å². The fourth-order valence-corrected chi connectivity index (χ4v) is 4.53. The number of benzene rings is 3. The van der Waals surface area contributed by atoms with Gasteiger partial charge in [-0.3, -0.25) is 14.5 Å². The van der Waals surface area contributed by atoms with Crippen molar-refractivity contribution < 1.29 is 18.7 Å². The van der Waals surface area contributed by atoms with Crippen LogP contribution in [0.1, 0.15) is 30.9 Å². The summed E-state index contributed by atoms with van der Waals surface area (Å²) in [5.41, 5.74) is 0.861. The second-order valence-corrected chi connectivity index (χ2v) is 8.77. The second kappa shape index (κ2) is 9.76. The van der Waals surface area contributed by atoms with Gasteiger partial charge in [0.15, 0.2) is 0 Å². The number of imide groups is 1. The molecule has 3 aromatic carbocycles. The van der Waals surface area contributed by atoms with Crippen LogP contribution in [0, 0.1) is 5.82 Å². The molecule has 0 unspecified atom stereocenters. The van der Waals surface area contributed by atoms with Gasteiger partial charge in [-0.05, 0) is 53.2 Å². The molecule has 1 aliphatic rings. The van der Waals surface area contributed by atoms with Crippen LogP contribution in [0.15, 0.2) is 59.5 Å². The van der Waals surface area contributed by atoms with E-state index in [1.165, 1.54) is 18.2 Å². The van der Waals surface area contributed by atoms with E-state index in [9.17, 15) is 14.0 Å². The number of carbonyl (C=O) groups excluding carboxylic acids is 2. The quantitative estimate of drug-likeness (QED) is 0.275. The molecule has 32 heavy (non-hydrogen) atoms. The average Bonchev–Trinajstić information content (AvgIpc) is 3.05. The summed E-state index contributed by atoms with van der Waals surface area (Å²) in [4.78, 5) is 26.9. The third-order valence-electron chi connectivity index (χ3n) is 5.21. The van der Waals surface area contributed by atoms with E-state index in [0.717, 1.165) is 45.8 Å². The topological polar surface area (TPSA) is 46.6 Å². The normalized spacial score (nSPS) is 15.2. The molecule has 164 valence electrons. The Labute approximate surface area is 195 Å². The van der Waals surface area contributed by atoms with Gasteiger partial charge in [0.1, 0.15) is 11.6 Å². The molecule has 7 heteroatoms. The molecule has 0 atom stereocenters. The largest absolute Gasteiger partial charge is 0.493 e.